The lowest BCUT2D eigenvalue weighted by molar-refractivity contribution is -0.147. The summed E-state index contributed by atoms with van der Waals surface area (Å²) in [6.45, 7) is 2.69. The predicted molar refractivity (Wildman–Crippen MR) is 67.9 cm³/mol. The number of carboxylic acids is 1. The molecule has 2 amide bonds. The van der Waals surface area contributed by atoms with Gasteiger partial charge in [0.25, 0.3) is 0 Å². The molecule has 1 aliphatic heterocycles. The summed E-state index contributed by atoms with van der Waals surface area (Å²) in [5.41, 5.74) is -1.15. The fourth-order valence-corrected chi connectivity index (χ4v) is 2.29. The Labute approximate surface area is 112 Å². The van der Waals surface area contributed by atoms with Crippen LogP contribution in [0.25, 0.3) is 0 Å². The summed E-state index contributed by atoms with van der Waals surface area (Å²) < 4.78 is 4.92. The maximum Gasteiger partial charge on any atom is 0.329 e. The molecule has 0 saturated carbocycles. The molecule has 0 aromatic heterocycles. The average Bonchev–Trinajstić information content (AvgIpc) is 2.77. The third kappa shape index (κ3) is 3.36. The van der Waals surface area contributed by atoms with Gasteiger partial charge in [0.2, 0.25) is 0 Å². The van der Waals surface area contributed by atoms with Crippen LogP contribution < -0.4 is 0 Å². The molecule has 7 heteroatoms. The largest absolute Gasteiger partial charge is 0.480 e. The molecule has 0 aromatic rings. The zero-order valence-electron chi connectivity index (χ0n) is 11.5. The number of aliphatic hydroxyl groups excluding tert-OH is 1. The van der Waals surface area contributed by atoms with Gasteiger partial charge in [0, 0.05) is 26.7 Å². The number of hydrogen-bond donors (Lipinski definition) is 2. The number of hydrogen-bond acceptors (Lipinski definition) is 4. The molecule has 110 valence electrons. The van der Waals surface area contributed by atoms with Crippen LogP contribution in [-0.4, -0.2) is 77.5 Å². The Hall–Kier alpha value is -1.34. The van der Waals surface area contributed by atoms with Crippen LogP contribution in [0.4, 0.5) is 4.79 Å². The SMILES string of the molecule is COCCN(CCO)C(=O)N1CCCC1(C)C(=O)O. The minimum absolute atomic E-state index is 0.160. The lowest BCUT2D eigenvalue weighted by Crippen LogP contribution is -2.56. The second-order valence-corrected chi connectivity index (χ2v) is 4.82. The summed E-state index contributed by atoms with van der Waals surface area (Å²) in [4.78, 5) is 26.5. The Morgan fingerprint density at radius 2 is 2.11 bits per heavy atom. The maximum atomic E-state index is 12.4. The van der Waals surface area contributed by atoms with Gasteiger partial charge in [0.05, 0.1) is 13.2 Å². The van der Waals surface area contributed by atoms with Crippen LogP contribution >= 0.6 is 0 Å². The molecule has 1 heterocycles. The van der Waals surface area contributed by atoms with Gasteiger partial charge in [-0.05, 0) is 19.8 Å². The first-order valence-corrected chi connectivity index (χ1v) is 6.37. The van der Waals surface area contributed by atoms with E-state index >= 15 is 0 Å². The number of rotatable bonds is 6. The fourth-order valence-electron chi connectivity index (χ4n) is 2.29. The number of ether oxygens (including phenoxy) is 1. The van der Waals surface area contributed by atoms with Gasteiger partial charge in [-0.2, -0.15) is 0 Å². The van der Waals surface area contributed by atoms with Crippen LogP contribution in [0.15, 0.2) is 0 Å². The highest BCUT2D eigenvalue weighted by Gasteiger charge is 2.47. The standard InChI is InChI=1S/C12H22N2O5/c1-12(10(16)17)4-3-5-14(12)11(18)13(6-8-15)7-9-19-2/h15H,3-9H2,1-2H3,(H,16,17). The molecular weight excluding hydrogens is 252 g/mol. The molecule has 1 rings (SSSR count). The van der Waals surface area contributed by atoms with Crippen LogP contribution in [0, 0.1) is 0 Å². The van der Waals surface area contributed by atoms with Gasteiger partial charge in [-0.3, -0.25) is 0 Å². The molecule has 0 aromatic carbocycles. The van der Waals surface area contributed by atoms with Crippen LogP contribution in [0.2, 0.25) is 0 Å². The lowest BCUT2D eigenvalue weighted by atomic mass is 10.00. The van der Waals surface area contributed by atoms with Crippen molar-refractivity contribution < 1.29 is 24.5 Å². The van der Waals surface area contributed by atoms with Crippen molar-refractivity contribution in [3.05, 3.63) is 0 Å². The van der Waals surface area contributed by atoms with E-state index in [2.05, 4.69) is 0 Å². The van der Waals surface area contributed by atoms with Crippen molar-refractivity contribution in [2.45, 2.75) is 25.3 Å². The summed E-state index contributed by atoms with van der Waals surface area (Å²) in [6.07, 6.45) is 1.12. The van der Waals surface area contributed by atoms with Crippen molar-refractivity contribution in [2.24, 2.45) is 0 Å². The summed E-state index contributed by atoms with van der Waals surface area (Å²) in [7, 11) is 1.53. The Kier molecular flexibility index (Phi) is 5.56. The molecule has 0 radical (unpaired) electrons. The monoisotopic (exact) mass is 274 g/mol. The van der Waals surface area contributed by atoms with E-state index in [-0.39, 0.29) is 19.2 Å². The minimum Gasteiger partial charge on any atom is -0.480 e. The average molecular weight is 274 g/mol. The van der Waals surface area contributed by atoms with E-state index in [9.17, 15) is 14.7 Å². The Morgan fingerprint density at radius 1 is 1.42 bits per heavy atom. The van der Waals surface area contributed by atoms with Crippen molar-refractivity contribution in [3.63, 3.8) is 0 Å². The van der Waals surface area contributed by atoms with Crippen molar-refractivity contribution in [2.75, 3.05) is 40.0 Å². The molecule has 19 heavy (non-hydrogen) atoms. The van der Waals surface area contributed by atoms with Crippen LogP contribution in [0.3, 0.4) is 0 Å². The molecule has 1 fully saturated rings. The van der Waals surface area contributed by atoms with Crippen LogP contribution in [-0.2, 0) is 9.53 Å². The van der Waals surface area contributed by atoms with Crippen molar-refractivity contribution in [3.8, 4) is 0 Å². The molecule has 1 unspecified atom stereocenters. The van der Waals surface area contributed by atoms with Crippen LogP contribution in [0.1, 0.15) is 19.8 Å². The van der Waals surface area contributed by atoms with Gasteiger partial charge in [0.15, 0.2) is 0 Å². The summed E-state index contributed by atoms with van der Waals surface area (Å²) in [5, 5.41) is 18.3. The fraction of sp³-hybridized carbons (Fsp3) is 0.833. The molecule has 2 N–H and O–H groups in total. The number of carboxylic acid groups (broad SMARTS) is 1. The highest BCUT2D eigenvalue weighted by atomic mass is 16.5. The van der Waals surface area contributed by atoms with E-state index < -0.39 is 11.5 Å². The number of methoxy groups -OCH3 is 1. The zero-order chi connectivity index (χ0) is 14.5. The van der Waals surface area contributed by atoms with E-state index in [1.807, 2.05) is 0 Å². The first-order chi connectivity index (χ1) is 8.97. The van der Waals surface area contributed by atoms with E-state index in [1.165, 1.54) is 16.9 Å². The van der Waals surface area contributed by atoms with E-state index in [0.29, 0.717) is 32.5 Å². The number of carbonyl (C=O) groups is 2. The Bertz CT molecular complexity index is 336. The summed E-state index contributed by atoms with van der Waals surface area (Å²) in [6, 6.07) is -0.353. The molecule has 1 atom stereocenters. The number of aliphatic carboxylic acids is 1. The maximum absolute atomic E-state index is 12.4. The Morgan fingerprint density at radius 3 is 2.63 bits per heavy atom. The molecule has 7 nitrogen and oxygen atoms in total. The smallest absolute Gasteiger partial charge is 0.329 e. The molecular formula is C12H22N2O5. The highest BCUT2D eigenvalue weighted by molar-refractivity contribution is 5.86. The number of urea groups is 1. The summed E-state index contributed by atoms with van der Waals surface area (Å²) in [5.74, 6) is -0.992. The van der Waals surface area contributed by atoms with E-state index in [4.69, 9.17) is 9.84 Å². The predicted octanol–water partition coefficient (Wildman–Crippen LogP) is -0.0138. The minimum atomic E-state index is -1.15. The molecule has 0 spiro atoms. The van der Waals surface area contributed by atoms with Gasteiger partial charge in [-0.1, -0.05) is 0 Å². The molecule has 1 saturated heterocycles. The molecule has 0 aliphatic carbocycles. The van der Waals surface area contributed by atoms with Gasteiger partial charge >= 0.3 is 12.0 Å². The van der Waals surface area contributed by atoms with Gasteiger partial charge in [-0.25, -0.2) is 9.59 Å². The number of carbonyl (C=O) groups excluding carboxylic acids is 1. The summed E-state index contributed by atoms with van der Waals surface area (Å²) >= 11 is 0. The molecule has 1 aliphatic rings. The quantitative estimate of drug-likeness (QED) is 0.710. The van der Waals surface area contributed by atoms with Crippen molar-refractivity contribution >= 4 is 12.0 Å². The second kappa shape index (κ2) is 6.72. The van der Waals surface area contributed by atoms with E-state index in [0.717, 1.165) is 0 Å². The van der Waals surface area contributed by atoms with E-state index in [1.54, 1.807) is 6.92 Å². The van der Waals surface area contributed by atoms with Gasteiger partial charge in [-0.15, -0.1) is 0 Å². The third-order valence-electron chi connectivity index (χ3n) is 3.54. The number of aliphatic hydroxyl groups is 1. The number of likely N-dealkylation sites (tertiary alicyclic amines) is 1. The van der Waals surface area contributed by atoms with Crippen molar-refractivity contribution in [1.82, 2.24) is 9.80 Å². The zero-order valence-corrected chi connectivity index (χ0v) is 11.5. The third-order valence-corrected chi connectivity index (χ3v) is 3.54. The van der Waals surface area contributed by atoms with Gasteiger partial charge in [0.1, 0.15) is 5.54 Å². The first kappa shape index (κ1) is 15.7. The topological polar surface area (TPSA) is 90.3 Å². The first-order valence-electron chi connectivity index (χ1n) is 6.37. The Balaban J connectivity index is 2.80. The highest BCUT2D eigenvalue weighted by Crippen LogP contribution is 2.30. The number of nitrogens with zero attached hydrogens (tertiary/aromatic N) is 2. The van der Waals surface area contributed by atoms with Crippen LogP contribution in [0.5, 0.6) is 0 Å². The number of amides is 2. The normalized spacial score (nSPS) is 22.6. The second-order valence-electron chi connectivity index (χ2n) is 4.82. The van der Waals surface area contributed by atoms with Gasteiger partial charge < -0.3 is 24.7 Å². The van der Waals surface area contributed by atoms with Crippen molar-refractivity contribution in [1.29, 1.82) is 0 Å². The molecule has 0 bridgehead atoms. The lowest BCUT2D eigenvalue weighted by Gasteiger charge is -2.35.